The summed E-state index contributed by atoms with van der Waals surface area (Å²) in [5, 5.41) is 58.1. The Morgan fingerprint density at radius 1 is 0.333 bits per heavy atom. The number of nitrogens with zero attached hydrogens (tertiary/aromatic N) is 6. The van der Waals surface area contributed by atoms with Gasteiger partial charge in [0.1, 0.15) is 17.7 Å². The lowest BCUT2D eigenvalue weighted by Crippen LogP contribution is -1.96. The molecular formula is C36H16N6. The molecule has 0 N–H and O–H groups in total. The van der Waals surface area contributed by atoms with Gasteiger partial charge in [0.2, 0.25) is 0 Å². The monoisotopic (exact) mass is 532 g/mol. The second-order valence-electron chi connectivity index (χ2n) is 9.23. The summed E-state index contributed by atoms with van der Waals surface area (Å²) < 4.78 is 0. The van der Waals surface area contributed by atoms with E-state index in [0.29, 0.717) is 61.2 Å². The highest BCUT2D eigenvalue weighted by atomic mass is 14.4. The molecule has 0 aromatic heterocycles. The molecule has 4 aromatic rings. The van der Waals surface area contributed by atoms with Crippen LogP contribution in [-0.2, 0) is 0 Å². The minimum atomic E-state index is -0.108. The standard InChI is InChI=1S/C36H16N6/c37-17-23-1-9-27(10-2-23)32-33(28-11-3-24(18-38)4-12-28)35(30-15-7-26(20-40)8-16-30)36(31(21-41)22-42)34(32)29-13-5-25(19-39)6-14-29/h1-16H. The highest BCUT2D eigenvalue weighted by Crippen LogP contribution is 2.55. The van der Waals surface area contributed by atoms with Crippen molar-refractivity contribution in [3.05, 3.63) is 153 Å². The quantitative estimate of drug-likeness (QED) is 0.258. The van der Waals surface area contributed by atoms with Gasteiger partial charge in [-0.15, -0.1) is 0 Å². The minimum absolute atomic E-state index is 0.108. The first kappa shape index (κ1) is 26.6. The lowest BCUT2D eigenvalue weighted by atomic mass is 9.88. The maximum Gasteiger partial charge on any atom is 0.138 e. The number of rotatable bonds is 4. The summed E-state index contributed by atoms with van der Waals surface area (Å²) in [6.07, 6.45) is 0. The molecule has 0 aliphatic heterocycles. The van der Waals surface area contributed by atoms with E-state index in [1.54, 1.807) is 72.8 Å². The lowest BCUT2D eigenvalue weighted by molar-refractivity contribution is 1.43. The molecule has 190 valence electrons. The third-order valence-electron chi connectivity index (χ3n) is 6.93. The van der Waals surface area contributed by atoms with Crippen LogP contribution in [0.25, 0.3) is 22.3 Å². The van der Waals surface area contributed by atoms with Crippen molar-refractivity contribution in [3.8, 4) is 36.4 Å². The molecular weight excluding hydrogens is 516 g/mol. The van der Waals surface area contributed by atoms with Gasteiger partial charge in [0.25, 0.3) is 0 Å². The van der Waals surface area contributed by atoms with E-state index in [9.17, 15) is 31.6 Å². The molecule has 0 radical (unpaired) electrons. The van der Waals surface area contributed by atoms with E-state index in [1.165, 1.54) is 0 Å². The zero-order chi connectivity index (χ0) is 29.6. The van der Waals surface area contributed by atoms with Crippen LogP contribution in [-0.4, -0.2) is 0 Å². The number of hydrogen-bond donors (Lipinski definition) is 0. The van der Waals surface area contributed by atoms with Crippen LogP contribution in [0, 0.1) is 68.0 Å². The van der Waals surface area contributed by atoms with Gasteiger partial charge in [0.05, 0.1) is 46.5 Å². The van der Waals surface area contributed by atoms with Crippen molar-refractivity contribution in [2.45, 2.75) is 0 Å². The third kappa shape index (κ3) is 4.69. The molecule has 0 amide bonds. The normalized spacial score (nSPS) is 11.9. The van der Waals surface area contributed by atoms with Crippen LogP contribution in [0.2, 0.25) is 0 Å². The van der Waals surface area contributed by atoms with E-state index in [4.69, 9.17) is 0 Å². The average molecular weight is 533 g/mol. The second kappa shape index (κ2) is 11.4. The Morgan fingerprint density at radius 2 is 0.571 bits per heavy atom. The number of allylic oxidation sites excluding steroid dienone is 6. The van der Waals surface area contributed by atoms with Gasteiger partial charge >= 0.3 is 0 Å². The van der Waals surface area contributed by atoms with Crippen molar-refractivity contribution in [1.29, 1.82) is 31.6 Å². The molecule has 0 fully saturated rings. The summed E-state index contributed by atoms with van der Waals surface area (Å²) in [5.74, 6) is 0. The Balaban J connectivity index is 1.99. The van der Waals surface area contributed by atoms with Crippen molar-refractivity contribution in [2.24, 2.45) is 0 Å². The Labute approximate surface area is 242 Å². The van der Waals surface area contributed by atoms with Gasteiger partial charge in [-0.2, -0.15) is 31.6 Å². The molecule has 0 atom stereocenters. The molecule has 0 heterocycles. The van der Waals surface area contributed by atoms with Crippen LogP contribution < -0.4 is 0 Å². The van der Waals surface area contributed by atoms with Crippen molar-refractivity contribution >= 4 is 22.3 Å². The maximum atomic E-state index is 10.2. The summed E-state index contributed by atoms with van der Waals surface area (Å²) in [6.45, 7) is 0. The van der Waals surface area contributed by atoms with Gasteiger partial charge < -0.3 is 0 Å². The van der Waals surface area contributed by atoms with Crippen molar-refractivity contribution < 1.29 is 0 Å². The number of nitriles is 6. The molecule has 6 nitrogen and oxygen atoms in total. The summed E-state index contributed by atoms with van der Waals surface area (Å²) in [4.78, 5) is 0. The van der Waals surface area contributed by atoms with Crippen LogP contribution in [0.4, 0.5) is 0 Å². The molecule has 1 aliphatic carbocycles. The fourth-order valence-electron chi connectivity index (χ4n) is 5.01. The molecule has 0 spiro atoms. The first-order chi connectivity index (χ1) is 20.6. The van der Waals surface area contributed by atoms with Gasteiger partial charge in [0.15, 0.2) is 0 Å². The maximum absolute atomic E-state index is 10.2. The predicted molar refractivity (Wildman–Crippen MR) is 157 cm³/mol. The molecule has 0 saturated carbocycles. The van der Waals surface area contributed by atoms with Gasteiger partial charge in [-0.3, -0.25) is 0 Å². The fraction of sp³-hybridized carbons (Fsp3) is 0. The molecule has 0 bridgehead atoms. The van der Waals surface area contributed by atoms with Gasteiger partial charge in [0, 0.05) is 16.7 Å². The van der Waals surface area contributed by atoms with Crippen LogP contribution >= 0.6 is 0 Å². The molecule has 42 heavy (non-hydrogen) atoms. The number of hydrogen-bond acceptors (Lipinski definition) is 6. The Morgan fingerprint density at radius 3 is 0.786 bits per heavy atom. The first-order valence-corrected chi connectivity index (χ1v) is 12.6. The largest absolute Gasteiger partial charge is 0.192 e. The average Bonchev–Trinajstić information content (AvgIpc) is 3.41. The zero-order valence-corrected chi connectivity index (χ0v) is 21.9. The zero-order valence-electron chi connectivity index (χ0n) is 21.9. The van der Waals surface area contributed by atoms with Crippen molar-refractivity contribution in [1.82, 2.24) is 0 Å². The Bertz CT molecular complexity index is 1930. The SMILES string of the molecule is N#CC(C#N)=C1C(c2ccc(C#N)cc2)=C(c2ccc(C#N)cc2)C(c2ccc(C#N)cc2)=C1c1ccc(C#N)cc1. The van der Waals surface area contributed by atoms with Gasteiger partial charge in [-0.1, -0.05) is 48.5 Å². The predicted octanol–water partition coefficient (Wildman–Crippen LogP) is 7.05. The van der Waals surface area contributed by atoms with E-state index in [0.717, 1.165) is 11.1 Å². The highest BCUT2D eigenvalue weighted by molar-refractivity contribution is 6.35. The summed E-state index contributed by atoms with van der Waals surface area (Å²) in [7, 11) is 0. The molecule has 5 rings (SSSR count). The minimum Gasteiger partial charge on any atom is -0.192 e. The van der Waals surface area contributed by atoms with Gasteiger partial charge in [-0.25, -0.2) is 0 Å². The molecule has 0 saturated heterocycles. The molecule has 4 aromatic carbocycles. The van der Waals surface area contributed by atoms with E-state index in [-0.39, 0.29) is 5.57 Å². The highest BCUT2D eigenvalue weighted by Gasteiger charge is 2.35. The van der Waals surface area contributed by atoms with Crippen LogP contribution in [0.1, 0.15) is 44.5 Å². The Hall–Kier alpha value is -6.96. The smallest absolute Gasteiger partial charge is 0.138 e. The lowest BCUT2D eigenvalue weighted by Gasteiger charge is -2.14. The summed E-state index contributed by atoms with van der Waals surface area (Å²) in [6, 6.07) is 40.6. The van der Waals surface area contributed by atoms with Gasteiger partial charge in [-0.05, 0) is 81.9 Å². The van der Waals surface area contributed by atoms with E-state index in [1.807, 2.05) is 24.3 Å². The van der Waals surface area contributed by atoms with Crippen LogP contribution in [0.5, 0.6) is 0 Å². The van der Waals surface area contributed by atoms with Crippen LogP contribution in [0.15, 0.2) is 108 Å². The molecule has 6 heteroatoms. The molecule has 0 unspecified atom stereocenters. The van der Waals surface area contributed by atoms with E-state index >= 15 is 0 Å². The topological polar surface area (TPSA) is 143 Å². The Kier molecular flexibility index (Phi) is 7.24. The third-order valence-corrected chi connectivity index (χ3v) is 6.93. The first-order valence-electron chi connectivity index (χ1n) is 12.6. The summed E-state index contributed by atoms with van der Waals surface area (Å²) >= 11 is 0. The van der Waals surface area contributed by atoms with Crippen molar-refractivity contribution in [2.75, 3.05) is 0 Å². The molecule has 1 aliphatic rings. The fourth-order valence-corrected chi connectivity index (χ4v) is 5.01. The van der Waals surface area contributed by atoms with Crippen molar-refractivity contribution in [3.63, 3.8) is 0 Å². The van der Waals surface area contributed by atoms with E-state index in [2.05, 4.69) is 36.4 Å². The van der Waals surface area contributed by atoms with E-state index < -0.39 is 0 Å². The second-order valence-corrected chi connectivity index (χ2v) is 9.23. The summed E-state index contributed by atoms with van der Waals surface area (Å²) in [5.41, 5.74) is 7.65. The van der Waals surface area contributed by atoms with Crippen LogP contribution in [0.3, 0.4) is 0 Å². The number of benzene rings is 4.